The van der Waals surface area contributed by atoms with Crippen LogP contribution in [0.5, 0.6) is 5.75 Å². The van der Waals surface area contributed by atoms with Gasteiger partial charge in [-0.2, -0.15) is 17.8 Å². The Labute approximate surface area is 307 Å². The Bertz CT molecular complexity index is 2150. The Balaban J connectivity index is 1.37. The zero-order valence-corrected chi connectivity index (χ0v) is 30.0. The summed E-state index contributed by atoms with van der Waals surface area (Å²) in [6, 6.07) is 7.75. The highest BCUT2D eigenvalue weighted by molar-refractivity contribution is 6.33. The third-order valence-corrected chi connectivity index (χ3v) is 9.75. The molecule has 3 aromatic rings. The second-order valence-electron chi connectivity index (χ2n) is 12.8. The standard InChI is InChI=1S/C35H39ClF3N9O5/c1-4-26-29(45-11-13-46(14-12-45)32(51)28-30(50)20(3)41-18-42-28)33(52)48(40)34(43-19(2)23-7-5-6-21-10-15-53-31(21)23)47(26)17-27(49)44-25-9-8-22(16-24(25)36)35(37,38)39/h5-9,16,19,42,50H,4,10-15,17-18,40H2,1-3H3,(H,44,49). The number of anilines is 2. The van der Waals surface area contributed by atoms with E-state index in [1.165, 1.54) is 4.57 Å². The Morgan fingerprint density at radius 3 is 2.60 bits per heavy atom. The molecular formula is C35H39ClF3N9O5. The number of aromatic nitrogens is 2. The summed E-state index contributed by atoms with van der Waals surface area (Å²) < 4.78 is 48.1. The maximum Gasteiger partial charge on any atom is 0.416 e. The average Bonchev–Trinajstić information content (AvgIpc) is 3.62. The molecule has 1 unspecified atom stereocenters. The van der Waals surface area contributed by atoms with E-state index in [0.29, 0.717) is 23.8 Å². The van der Waals surface area contributed by atoms with E-state index in [1.807, 2.05) is 25.1 Å². The number of halogens is 4. The zero-order chi connectivity index (χ0) is 38.2. The number of aliphatic hydroxyl groups is 1. The molecule has 4 heterocycles. The summed E-state index contributed by atoms with van der Waals surface area (Å²) in [7, 11) is 0. The monoisotopic (exact) mass is 757 g/mol. The number of carbonyl (C=O) groups excluding carboxylic acids is 2. The normalized spacial score (nSPS) is 16.9. The van der Waals surface area contributed by atoms with Crippen LogP contribution in [0, 0.1) is 0 Å². The first-order chi connectivity index (χ1) is 25.2. The minimum absolute atomic E-state index is 0.0241. The molecule has 0 radical (unpaired) electrons. The average molecular weight is 758 g/mol. The molecule has 18 heteroatoms. The number of amides is 2. The second-order valence-corrected chi connectivity index (χ2v) is 13.2. The Kier molecular flexibility index (Phi) is 10.5. The molecule has 14 nitrogen and oxygen atoms in total. The minimum atomic E-state index is -4.63. The van der Waals surface area contributed by atoms with Crippen molar-refractivity contribution < 1.29 is 32.6 Å². The summed E-state index contributed by atoms with van der Waals surface area (Å²) in [6.45, 7) is 6.32. The number of aliphatic imine (C=N–C) groups is 1. The topological polar surface area (TPSA) is 172 Å². The van der Waals surface area contributed by atoms with Gasteiger partial charge in [-0.1, -0.05) is 36.7 Å². The first-order valence-electron chi connectivity index (χ1n) is 17.0. The number of hydrogen-bond donors (Lipinski definition) is 4. The molecule has 6 rings (SSSR count). The smallest absolute Gasteiger partial charge is 0.416 e. The van der Waals surface area contributed by atoms with Crippen molar-refractivity contribution in [3.63, 3.8) is 0 Å². The lowest BCUT2D eigenvalue weighted by Crippen LogP contribution is -2.55. The first-order valence-corrected chi connectivity index (χ1v) is 17.4. The van der Waals surface area contributed by atoms with Crippen molar-refractivity contribution in [3.8, 4) is 5.75 Å². The van der Waals surface area contributed by atoms with Gasteiger partial charge < -0.3 is 40.7 Å². The maximum atomic E-state index is 14.1. The number of allylic oxidation sites excluding steroid dienone is 1. The number of aliphatic hydroxyl groups excluding tert-OH is 1. The Hall–Kier alpha value is -5.45. The summed E-state index contributed by atoms with van der Waals surface area (Å²) in [4.78, 5) is 53.4. The van der Waals surface area contributed by atoms with Crippen molar-refractivity contribution in [1.29, 1.82) is 0 Å². The van der Waals surface area contributed by atoms with Gasteiger partial charge in [0.2, 0.25) is 11.5 Å². The Morgan fingerprint density at radius 1 is 1.19 bits per heavy atom. The SMILES string of the molecule is CCc1c(N2CCN(C(=O)C3=C(O)C(C)=NCN3)CC2)c(=O)n(N)c(=NC(C)c2cccc3c2OCC3)n1CC(=O)Nc1ccc(C(F)(F)F)cc1Cl. The summed E-state index contributed by atoms with van der Waals surface area (Å²) in [5.74, 6) is 5.93. The fraction of sp³-hybridized carbons (Fsp3) is 0.400. The lowest BCUT2D eigenvalue weighted by Gasteiger charge is -2.37. The molecule has 282 valence electrons. The number of nitrogens with one attached hydrogen (secondary N) is 2. The zero-order valence-electron chi connectivity index (χ0n) is 29.3. The van der Waals surface area contributed by atoms with Gasteiger partial charge in [-0.05, 0) is 44.0 Å². The highest BCUT2D eigenvalue weighted by atomic mass is 35.5. The number of carbonyl (C=O) groups is 2. The number of ether oxygens (including phenoxy) is 1. The number of rotatable bonds is 8. The number of benzene rings is 2. The van der Waals surface area contributed by atoms with E-state index in [2.05, 4.69) is 15.6 Å². The third kappa shape index (κ3) is 7.42. The predicted molar refractivity (Wildman–Crippen MR) is 192 cm³/mol. The van der Waals surface area contributed by atoms with Crippen LogP contribution < -0.4 is 37.3 Å². The van der Waals surface area contributed by atoms with Crippen molar-refractivity contribution in [2.75, 3.05) is 55.5 Å². The van der Waals surface area contributed by atoms with Gasteiger partial charge in [0.15, 0.2) is 5.76 Å². The largest absolute Gasteiger partial charge is 0.504 e. The van der Waals surface area contributed by atoms with Gasteiger partial charge in [-0.15, -0.1) is 0 Å². The molecule has 1 fully saturated rings. The molecule has 3 aliphatic heterocycles. The Morgan fingerprint density at radius 2 is 1.92 bits per heavy atom. The van der Waals surface area contributed by atoms with Crippen LogP contribution in [0.1, 0.15) is 49.2 Å². The molecular weight excluding hydrogens is 719 g/mol. The molecule has 5 N–H and O–H groups in total. The van der Waals surface area contributed by atoms with Crippen LogP contribution in [0.25, 0.3) is 0 Å². The molecule has 3 aliphatic rings. The number of nitrogens with two attached hydrogens (primary N) is 1. The summed E-state index contributed by atoms with van der Waals surface area (Å²) in [6.07, 6.45) is -3.64. The molecule has 1 saturated heterocycles. The molecule has 0 saturated carbocycles. The summed E-state index contributed by atoms with van der Waals surface area (Å²) in [5.41, 5.74) is 1.20. The van der Waals surface area contributed by atoms with E-state index < -0.39 is 41.7 Å². The van der Waals surface area contributed by atoms with E-state index in [9.17, 15) is 32.7 Å². The second kappa shape index (κ2) is 14.9. The van der Waals surface area contributed by atoms with Gasteiger partial charge in [0, 0.05) is 38.2 Å². The molecule has 1 aromatic heterocycles. The van der Waals surface area contributed by atoms with Gasteiger partial charge in [-0.25, -0.2) is 4.99 Å². The number of fused-ring (bicyclic) bond motifs is 1. The molecule has 0 aliphatic carbocycles. The van der Waals surface area contributed by atoms with Crippen molar-refractivity contribution in [2.24, 2.45) is 9.98 Å². The van der Waals surface area contributed by atoms with E-state index in [4.69, 9.17) is 27.2 Å². The van der Waals surface area contributed by atoms with Crippen molar-refractivity contribution in [3.05, 3.63) is 91.2 Å². The molecule has 1 atom stereocenters. The van der Waals surface area contributed by atoms with E-state index in [1.54, 1.807) is 23.6 Å². The lowest BCUT2D eigenvalue weighted by molar-refractivity contribution is -0.137. The summed E-state index contributed by atoms with van der Waals surface area (Å²) >= 11 is 6.15. The number of alkyl halides is 3. The van der Waals surface area contributed by atoms with Gasteiger partial charge >= 0.3 is 6.18 Å². The van der Waals surface area contributed by atoms with Gasteiger partial charge in [0.05, 0.1) is 40.3 Å². The maximum absolute atomic E-state index is 14.1. The van der Waals surface area contributed by atoms with Gasteiger partial charge in [0.1, 0.15) is 30.3 Å². The van der Waals surface area contributed by atoms with Crippen molar-refractivity contribution in [1.82, 2.24) is 19.5 Å². The van der Waals surface area contributed by atoms with E-state index in [-0.39, 0.29) is 72.7 Å². The van der Waals surface area contributed by atoms with Crippen molar-refractivity contribution >= 4 is 40.5 Å². The fourth-order valence-electron chi connectivity index (χ4n) is 6.66. The first kappa shape index (κ1) is 37.3. The minimum Gasteiger partial charge on any atom is -0.504 e. The quantitative estimate of drug-likeness (QED) is 0.254. The summed E-state index contributed by atoms with van der Waals surface area (Å²) in [5, 5.41) is 15.5. The predicted octanol–water partition coefficient (Wildman–Crippen LogP) is 3.27. The van der Waals surface area contributed by atoms with Gasteiger partial charge in [0.25, 0.3) is 11.5 Å². The van der Waals surface area contributed by atoms with Crippen LogP contribution >= 0.6 is 11.6 Å². The molecule has 53 heavy (non-hydrogen) atoms. The highest BCUT2D eigenvalue weighted by Gasteiger charge is 2.33. The van der Waals surface area contributed by atoms with Crippen LogP contribution in [-0.2, 0) is 35.2 Å². The third-order valence-electron chi connectivity index (χ3n) is 9.44. The number of para-hydroxylation sites is 1. The number of piperazine rings is 1. The van der Waals surface area contributed by atoms with Crippen LogP contribution in [0.15, 0.2) is 62.6 Å². The van der Waals surface area contributed by atoms with Crippen molar-refractivity contribution in [2.45, 2.75) is 52.4 Å². The van der Waals surface area contributed by atoms with Gasteiger partial charge in [-0.3, -0.25) is 19.4 Å². The molecule has 2 amide bonds. The number of hydrogen-bond acceptors (Lipinski definition) is 10. The van der Waals surface area contributed by atoms with E-state index >= 15 is 0 Å². The van der Waals surface area contributed by atoms with Crippen LogP contribution in [0.4, 0.5) is 24.5 Å². The van der Waals surface area contributed by atoms with Crippen LogP contribution in [0.3, 0.4) is 0 Å². The molecule has 0 spiro atoms. The van der Waals surface area contributed by atoms with Crippen LogP contribution in [-0.4, -0.2) is 76.2 Å². The van der Waals surface area contributed by atoms with E-state index in [0.717, 1.165) is 40.4 Å². The number of nitrogen functional groups attached to an aromatic ring is 1. The van der Waals surface area contributed by atoms with Crippen LogP contribution in [0.2, 0.25) is 5.02 Å². The molecule has 0 bridgehead atoms. The number of nitrogens with zero attached hydrogens (tertiary/aromatic N) is 6. The highest BCUT2D eigenvalue weighted by Crippen LogP contribution is 2.35. The fourth-order valence-corrected chi connectivity index (χ4v) is 6.89. The lowest BCUT2D eigenvalue weighted by atomic mass is 10.0. The molecule has 2 aromatic carbocycles.